The van der Waals surface area contributed by atoms with Crippen molar-refractivity contribution in [3.63, 3.8) is 0 Å². The van der Waals surface area contributed by atoms with E-state index in [9.17, 15) is 0 Å². The van der Waals surface area contributed by atoms with Crippen LogP contribution in [0.15, 0.2) is 30.6 Å². The zero-order valence-corrected chi connectivity index (χ0v) is 21.4. The first kappa shape index (κ1) is 24.9. The van der Waals surface area contributed by atoms with E-state index in [1.54, 1.807) is 6.33 Å². The predicted molar refractivity (Wildman–Crippen MR) is 147 cm³/mol. The molecule has 0 atom stereocenters. The predicted octanol–water partition coefficient (Wildman–Crippen LogP) is 2.82. The molecule has 1 aromatic carbocycles. The lowest BCUT2D eigenvalue weighted by Crippen LogP contribution is -2.44. The zero-order valence-electron chi connectivity index (χ0n) is 21.4. The Hall–Kier alpha value is -2.75. The molecule has 3 aromatic rings. The number of nitrogens with one attached hydrogen (secondary N) is 5. The molecule has 0 radical (unpaired) electrons. The smallest absolute Gasteiger partial charge is 0.229 e. The van der Waals surface area contributed by atoms with E-state index in [1.807, 2.05) is 0 Å². The number of aromatic amines is 1. The molecule has 5 rings (SSSR count). The Labute approximate surface area is 214 Å². The van der Waals surface area contributed by atoms with Gasteiger partial charge in [-0.1, -0.05) is 43.5 Å². The van der Waals surface area contributed by atoms with Crippen molar-refractivity contribution in [2.45, 2.75) is 57.5 Å². The van der Waals surface area contributed by atoms with Gasteiger partial charge >= 0.3 is 0 Å². The van der Waals surface area contributed by atoms with Gasteiger partial charge in [-0.2, -0.15) is 9.97 Å². The second-order valence-electron chi connectivity index (χ2n) is 10.0. The van der Waals surface area contributed by atoms with E-state index in [4.69, 9.17) is 4.98 Å². The van der Waals surface area contributed by atoms with Crippen LogP contribution < -0.4 is 26.2 Å². The maximum Gasteiger partial charge on any atom is 0.229 e. The molecular weight excluding hydrogens is 450 g/mol. The van der Waals surface area contributed by atoms with Crippen LogP contribution in [0.5, 0.6) is 0 Å². The Morgan fingerprint density at radius 2 is 1.72 bits per heavy atom. The van der Waals surface area contributed by atoms with Crippen LogP contribution in [0.1, 0.15) is 49.7 Å². The fourth-order valence-corrected chi connectivity index (χ4v) is 5.16. The van der Waals surface area contributed by atoms with E-state index in [0.29, 0.717) is 5.65 Å². The van der Waals surface area contributed by atoms with Gasteiger partial charge in [0.05, 0.1) is 6.33 Å². The number of benzene rings is 1. The average Bonchev–Trinajstić information content (AvgIpc) is 3.42. The van der Waals surface area contributed by atoms with Gasteiger partial charge in [-0.3, -0.25) is 0 Å². The highest BCUT2D eigenvalue weighted by Crippen LogP contribution is 2.21. The highest BCUT2D eigenvalue weighted by molar-refractivity contribution is 5.83. The molecule has 9 nitrogen and oxygen atoms in total. The zero-order chi connectivity index (χ0) is 24.4. The summed E-state index contributed by atoms with van der Waals surface area (Å²) in [7, 11) is 0. The molecule has 2 fully saturated rings. The maximum atomic E-state index is 4.82. The molecule has 194 valence electrons. The number of piperazine rings is 1. The molecule has 5 N–H and O–H groups in total. The van der Waals surface area contributed by atoms with Gasteiger partial charge < -0.3 is 31.2 Å². The fourth-order valence-electron chi connectivity index (χ4n) is 5.16. The largest absolute Gasteiger partial charge is 0.368 e. The third-order valence-corrected chi connectivity index (χ3v) is 7.30. The minimum atomic E-state index is 0.711. The van der Waals surface area contributed by atoms with Crippen LogP contribution in [0, 0.1) is 0 Å². The van der Waals surface area contributed by atoms with Crippen LogP contribution in [-0.2, 0) is 13.0 Å². The Morgan fingerprint density at radius 1 is 0.917 bits per heavy atom. The van der Waals surface area contributed by atoms with Crippen molar-refractivity contribution in [2.75, 3.05) is 56.0 Å². The number of imidazole rings is 1. The Kier molecular flexibility index (Phi) is 8.99. The first-order valence-corrected chi connectivity index (χ1v) is 13.8. The lowest BCUT2D eigenvalue weighted by atomic mass is 9.95. The molecule has 0 spiro atoms. The van der Waals surface area contributed by atoms with Gasteiger partial charge in [-0.25, -0.2) is 4.98 Å². The molecular formula is C27H41N9. The summed E-state index contributed by atoms with van der Waals surface area (Å²) in [6.45, 7) is 7.64. The number of nitrogens with zero attached hydrogens (tertiary/aromatic N) is 4. The van der Waals surface area contributed by atoms with Gasteiger partial charge in [0.25, 0.3) is 0 Å². The highest BCUT2D eigenvalue weighted by atomic mass is 15.3. The van der Waals surface area contributed by atoms with E-state index < -0.39 is 0 Å². The summed E-state index contributed by atoms with van der Waals surface area (Å²) in [5, 5.41) is 14.2. The van der Waals surface area contributed by atoms with Crippen molar-refractivity contribution in [3.8, 4) is 0 Å². The van der Waals surface area contributed by atoms with E-state index in [2.05, 4.69) is 65.4 Å². The standard InChI is InChI=1S/C27H41N9/c1-2-5-23(6-3-1)30-13-4-12-29-19-22-9-7-21(8-10-22)11-14-31-25-24-26(33-20-32-24)35-27(34-25)36-17-15-28-16-18-36/h7-10,20,23,28-30H,1-6,11-19H2,(H2,31,32,33,34,35). The van der Waals surface area contributed by atoms with Gasteiger partial charge in [-0.05, 0) is 49.9 Å². The molecule has 36 heavy (non-hydrogen) atoms. The minimum absolute atomic E-state index is 0.711. The number of hydrogen-bond acceptors (Lipinski definition) is 8. The molecule has 1 saturated heterocycles. The number of aromatic nitrogens is 4. The molecule has 0 amide bonds. The van der Waals surface area contributed by atoms with Crippen LogP contribution in [0.25, 0.3) is 11.2 Å². The van der Waals surface area contributed by atoms with Crippen LogP contribution in [0.2, 0.25) is 0 Å². The Morgan fingerprint density at radius 3 is 2.56 bits per heavy atom. The third-order valence-electron chi connectivity index (χ3n) is 7.30. The minimum Gasteiger partial charge on any atom is -0.368 e. The lowest BCUT2D eigenvalue weighted by Gasteiger charge is -2.27. The second kappa shape index (κ2) is 13.0. The summed E-state index contributed by atoms with van der Waals surface area (Å²) in [4.78, 5) is 19.2. The summed E-state index contributed by atoms with van der Waals surface area (Å²) in [6.07, 6.45) is 10.7. The number of anilines is 2. The van der Waals surface area contributed by atoms with E-state index in [-0.39, 0.29) is 0 Å². The number of hydrogen-bond donors (Lipinski definition) is 5. The topological polar surface area (TPSA) is 106 Å². The van der Waals surface area contributed by atoms with Crippen molar-refractivity contribution >= 4 is 22.9 Å². The summed E-state index contributed by atoms with van der Waals surface area (Å²) >= 11 is 0. The maximum absolute atomic E-state index is 4.82. The van der Waals surface area contributed by atoms with Gasteiger partial charge in [-0.15, -0.1) is 0 Å². The van der Waals surface area contributed by atoms with Crippen LogP contribution in [0.4, 0.5) is 11.8 Å². The number of fused-ring (bicyclic) bond motifs is 1. The van der Waals surface area contributed by atoms with E-state index >= 15 is 0 Å². The monoisotopic (exact) mass is 491 g/mol. The van der Waals surface area contributed by atoms with Crippen molar-refractivity contribution in [1.29, 1.82) is 0 Å². The van der Waals surface area contributed by atoms with Crippen molar-refractivity contribution in [2.24, 2.45) is 0 Å². The summed E-state index contributed by atoms with van der Waals surface area (Å²) in [5.41, 5.74) is 4.23. The molecule has 1 saturated carbocycles. The average molecular weight is 492 g/mol. The molecule has 3 heterocycles. The van der Waals surface area contributed by atoms with Gasteiger partial charge in [0.15, 0.2) is 11.5 Å². The molecule has 9 heteroatoms. The molecule has 0 bridgehead atoms. The quantitative estimate of drug-likeness (QED) is 0.246. The van der Waals surface area contributed by atoms with Crippen molar-refractivity contribution < 1.29 is 0 Å². The van der Waals surface area contributed by atoms with Crippen molar-refractivity contribution in [3.05, 3.63) is 41.7 Å². The molecule has 0 unspecified atom stereocenters. The van der Waals surface area contributed by atoms with E-state index in [0.717, 1.165) is 82.1 Å². The first-order chi connectivity index (χ1) is 17.8. The molecule has 1 aliphatic heterocycles. The number of rotatable bonds is 12. The van der Waals surface area contributed by atoms with Gasteiger partial charge in [0.2, 0.25) is 5.95 Å². The summed E-state index contributed by atoms with van der Waals surface area (Å²) in [5.74, 6) is 1.57. The molecule has 1 aliphatic carbocycles. The highest BCUT2D eigenvalue weighted by Gasteiger charge is 2.17. The third kappa shape index (κ3) is 6.93. The van der Waals surface area contributed by atoms with E-state index in [1.165, 1.54) is 49.7 Å². The van der Waals surface area contributed by atoms with Gasteiger partial charge in [0.1, 0.15) is 5.52 Å². The lowest BCUT2D eigenvalue weighted by molar-refractivity contribution is 0.371. The van der Waals surface area contributed by atoms with Crippen LogP contribution >= 0.6 is 0 Å². The molecule has 2 aliphatic rings. The van der Waals surface area contributed by atoms with Gasteiger partial charge in [0, 0.05) is 45.3 Å². The summed E-state index contributed by atoms with van der Waals surface area (Å²) in [6, 6.07) is 9.71. The van der Waals surface area contributed by atoms with Crippen LogP contribution in [0.3, 0.4) is 0 Å². The Balaban J connectivity index is 1.04. The number of H-pyrrole nitrogens is 1. The summed E-state index contributed by atoms with van der Waals surface area (Å²) < 4.78 is 0. The Bertz CT molecular complexity index is 1050. The first-order valence-electron chi connectivity index (χ1n) is 13.8. The normalized spacial score (nSPS) is 17.1. The SMILES string of the molecule is c1nc2nc(N3CCNCC3)nc(NCCc3ccc(CNCCCNC4CCCCC4)cc3)c2[nH]1. The van der Waals surface area contributed by atoms with Crippen molar-refractivity contribution in [1.82, 2.24) is 35.9 Å². The second-order valence-corrected chi connectivity index (χ2v) is 10.0. The van der Waals surface area contributed by atoms with Crippen LogP contribution in [-0.4, -0.2) is 71.8 Å². The molecule has 2 aromatic heterocycles. The fraction of sp³-hybridized carbons (Fsp3) is 0.593.